The third kappa shape index (κ3) is 6.20. The Bertz CT molecular complexity index is 1760. The normalized spacial score (nSPS) is 21.4. The lowest BCUT2D eigenvalue weighted by Gasteiger charge is -2.57. The van der Waals surface area contributed by atoms with Crippen molar-refractivity contribution in [3.05, 3.63) is 45.1 Å². The third-order valence-electron chi connectivity index (χ3n) is 9.55. The van der Waals surface area contributed by atoms with Gasteiger partial charge in [0.15, 0.2) is 29.8 Å². The second kappa shape index (κ2) is 13.8. The van der Waals surface area contributed by atoms with E-state index in [0.717, 1.165) is 16.7 Å². The Labute approximate surface area is 292 Å². The smallest absolute Gasteiger partial charge is 0.408 e. The van der Waals surface area contributed by atoms with Crippen molar-refractivity contribution in [2.45, 2.75) is 83.8 Å². The molecule has 3 heterocycles. The van der Waals surface area contributed by atoms with Crippen molar-refractivity contribution in [1.82, 2.24) is 20.4 Å². The van der Waals surface area contributed by atoms with Gasteiger partial charge in [-0.2, -0.15) is 5.26 Å². The molecule has 0 aromatic heterocycles. The summed E-state index contributed by atoms with van der Waals surface area (Å²) in [7, 11) is 6.45. The molecule has 14 nitrogen and oxygen atoms in total. The van der Waals surface area contributed by atoms with Crippen LogP contribution < -0.4 is 24.8 Å². The molecule has 5 rings (SSSR count). The largest absolute Gasteiger partial charge is 0.507 e. The number of alkyl carbamates (subject to hydrolysis) is 1. The second-order valence-corrected chi connectivity index (χ2v) is 13.9. The minimum atomic E-state index is -0.973. The molecule has 2 bridgehead atoms. The van der Waals surface area contributed by atoms with Gasteiger partial charge >= 0.3 is 6.09 Å². The average molecular weight is 694 g/mol. The van der Waals surface area contributed by atoms with Gasteiger partial charge < -0.3 is 49.4 Å². The molecule has 0 spiro atoms. The van der Waals surface area contributed by atoms with Gasteiger partial charge in [0.1, 0.15) is 23.4 Å². The highest BCUT2D eigenvalue weighted by Gasteiger charge is 2.53. The number of carbonyl (C=O) groups excluding carboxylic acids is 2. The Balaban J connectivity index is 1.67. The number of hydrogen-bond acceptors (Lipinski definition) is 12. The zero-order chi connectivity index (χ0) is 36.8. The van der Waals surface area contributed by atoms with Crippen LogP contribution in [0.3, 0.4) is 0 Å². The molecule has 1 saturated heterocycles. The average Bonchev–Trinajstić information content (AvgIpc) is 3.04. The molecule has 2 unspecified atom stereocenters. The molecule has 5 atom stereocenters. The van der Waals surface area contributed by atoms with E-state index in [9.17, 15) is 25.1 Å². The van der Waals surface area contributed by atoms with Crippen molar-refractivity contribution in [1.29, 1.82) is 5.26 Å². The van der Waals surface area contributed by atoms with E-state index in [4.69, 9.17) is 23.7 Å². The van der Waals surface area contributed by atoms with Crippen LogP contribution in [-0.2, 0) is 20.7 Å². The summed E-state index contributed by atoms with van der Waals surface area (Å²) in [5, 5.41) is 39.6. The molecule has 0 aliphatic carbocycles. The van der Waals surface area contributed by atoms with Gasteiger partial charge in [0.25, 0.3) is 0 Å². The highest BCUT2D eigenvalue weighted by molar-refractivity contribution is 5.85. The van der Waals surface area contributed by atoms with Crippen molar-refractivity contribution in [2.75, 3.05) is 41.7 Å². The zero-order valence-corrected chi connectivity index (χ0v) is 30.3. The van der Waals surface area contributed by atoms with E-state index in [-0.39, 0.29) is 36.6 Å². The number of carbonyl (C=O) groups is 2. The third-order valence-corrected chi connectivity index (χ3v) is 9.55. The van der Waals surface area contributed by atoms with Crippen LogP contribution in [0.4, 0.5) is 4.79 Å². The van der Waals surface area contributed by atoms with E-state index in [1.54, 1.807) is 40.9 Å². The maximum atomic E-state index is 13.4. The van der Waals surface area contributed by atoms with Gasteiger partial charge in [0.2, 0.25) is 5.91 Å². The summed E-state index contributed by atoms with van der Waals surface area (Å²) in [4.78, 5) is 29.9. The number of fused-ring (bicyclic) bond motifs is 7. The first-order chi connectivity index (χ1) is 23.6. The number of likely N-dealkylation sites (N-methyl/N-ethyl adjacent to an activating group) is 1. The fraction of sp³-hybridized carbons (Fsp3) is 0.528. The van der Waals surface area contributed by atoms with Crippen LogP contribution in [0.2, 0.25) is 0 Å². The van der Waals surface area contributed by atoms with Gasteiger partial charge in [0.05, 0.1) is 32.4 Å². The fourth-order valence-electron chi connectivity index (χ4n) is 7.44. The summed E-state index contributed by atoms with van der Waals surface area (Å²) in [5.74, 6) is 0.305. The molecule has 3 aliphatic rings. The minimum Gasteiger partial charge on any atom is -0.507 e. The molecule has 4 N–H and O–H groups in total. The molecule has 0 saturated carbocycles. The number of amides is 2. The van der Waals surface area contributed by atoms with E-state index in [0.29, 0.717) is 40.3 Å². The quantitative estimate of drug-likeness (QED) is 0.220. The van der Waals surface area contributed by atoms with Crippen molar-refractivity contribution in [2.24, 2.45) is 0 Å². The van der Waals surface area contributed by atoms with E-state index < -0.39 is 41.8 Å². The topological polar surface area (TPSA) is 175 Å². The summed E-state index contributed by atoms with van der Waals surface area (Å²) in [6, 6.07) is 1.19. The van der Waals surface area contributed by atoms with Gasteiger partial charge in [-0.25, -0.2) is 4.79 Å². The number of phenolic OH excluding ortho intramolecular Hbond substituents is 2. The zero-order valence-electron chi connectivity index (χ0n) is 30.3. The number of ether oxygens (including phenoxy) is 5. The molecule has 2 aromatic rings. The lowest BCUT2D eigenvalue weighted by molar-refractivity contribution is -0.123. The van der Waals surface area contributed by atoms with Gasteiger partial charge in [0, 0.05) is 47.6 Å². The SMILES string of the molecule is COCOc1c(OC)c(C)cc2c1C1C3=Cc4c(O)c(C)c(OC)c(O)c4[C@H](CNC(=O)[C@H](C)NC(=O)OC(C)(C)C)N3[C@@H](C#N)C(C2)N1C. The summed E-state index contributed by atoms with van der Waals surface area (Å²) in [6.07, 6.45) is 1.53. The molecule has 50 heavy (non-hydrogen) atoms. The molecule has 270 valence electrons. The molecule has 1 fully saturated rings. The van der Waals surface area contributed by atoms with Crippen LogP contribution in [0, 0.1) is 25.2 Å². The first-order valence-electron chi connectivity index (χ1n) is 16.4. The Hall–Kier alpha value is -4.87. The van der Waals surface area contributed by atoms with Gasteiger partial charge in [-0.05, 0) is 72.2 Å². The van der Waals surface area contributed by atoms with Crippen LogP contribution in [0.5, 0.6) is 28.7 Å². The molecule has 0 radical (unpaired) electrons. The molecular formula is C36H47N5O9. The first-order valence-corrected chi connectivity index (χ1v) is 16.4. The number of nitrogens with one attached hydrogen (secondary N) is 2. The molecule has 3 aliphatic heterocycles. The molecule has 2 amide bonds. The van der Waals surface area contributed by atoms with Crippen LogP contribution in [0.15, 0.2) is 11.8 Å². The van der Waals surface area contributed by atoms with E-state index in [1.165, 1.54) is 21.1 Å². The van der Waals surface area contributed by atoms with Crippen LogP contribution >= 0.6 is 0 Å². The number of benzene rings is 2. The maximum Gasteiger partial charge on any atom is 0.408 e. The van der Waals surface area contributed by atoms with E-state index >= 15 is 0 Å². The monoisotopic (exact) mass is 693 g/mol. The highest BCUT2D eigenvalue weighted by Crippen LogP contribution is 2.58. The van der Waals surface area contributed by atoms with Crippen LogP contribution in [0.1, 0.15) is 73.2 Å². The number of hydrogen-bond donors (Lipinski definition) is 4. The number of piperazine rings is 1. The number of phenols is 2. The van der Waals surface area contributed by atoms with Crippen molar-refractivity contribution in [3.8, 4) is 34.8 Å². The predicted octanol–water partition coefficient (Wildman–Crippen LogP) is 3.95. The number of methoxy groups -OCH3 is 3. The molecule has 2 aromatic carbocycles. The standard InChI is InChI=1S/C36H47N5O9/c1-17-11-20-12-22-24(14-37)41-23(28(40(22)7)26(20)33(31(17)47-9)49-16-46-8)13-21-27(30(43)32(48-10)18(2)29(21)42)25(41)15-38-34(44)19(3)39-35(45)50-36(4,5)6/h11,13,19,22,24-25,28,42-43H,12,15-16H2,1-10H3,(H,38,44)(H,39,45)/t19-,22?,24-,25-,28?/m0/s1. The molecular weight excluding hydrogens is 646 g/mol. The Morgan fingerprint density at radius 2 is 1.76 bits per heavy atom. The number of rotatable bonds is 9. The summed E-state index contributed by atoms with van der Waals surface area (Å²) >= 11 is 0. The van der Waals surface area contributed by atoms with Crippen molar-refractivity contribution < 1.29 is 43.5 Å². The summed E-state index contributed by atoms with van der Waals surface area (Å²) in [6.45, 7) is 10.1. The van der Waals surface area contributed by atoms with Crippen molar-refractivity contribution >= 4 is 18.1 Å². The highest BCUT2D eigenvalue weighted by atomic mass is 16.7. The number of nitrogens with zero attached hydrogens (tertiary/aromatic N) is 3. The van der Waals surface area contributed by atoms with Gasteiger partial charge in [-0.1, -0.05) is 6.07 Å². The second-order valence-electron chi connectivity index (χ2n) is 13.9. The number of aryl methyl sites for hydroxylation is 1. The lowest BCUT2D eigenvalue weighted by Crippen LogP contribution is -2.62. The number of aromatic hydroxyl groups is 2. The predicted molar refractivity (Wildman–Crippen MR) is 183 cm³/mol. The Morgan fingerprint density at radius 3 is 2.36 bits per heavy atom. The van der Waals surface area contributed by atoms with Crippen molar-refractivity contribution in [3.63, 3.8) is 0 Å². The van der Waals surface area contributed by atoms with E-state index in [2.05, 4.69) is 27.7 Å². The van der Waals surface area contributed by atoms with Gasteiger partial charge in [-0.15, -0.1) is 0 Å². The minimum absolute atomic E-state index is 0.0314. The lowest BCUT2D eigenvalue weighted by atomic mass is 9.75. The Kier molecular flexibility index (Phi) is 10.0. The van der Waals surface area contributed by atoms with Crippen LogP contribution in [-0.4, -0.2) is 97.5 Å². The summed E-state index contributed by atoms with van der Waals surface area (Å²) in [5.41, 5.74) is 3.53. The van der Waals surface area contributed by atoms with Gasteiger partial charge in [-0.3, -0.25) is 9.69 Å². The first kappa shape index (κ1) is 36.4. The number of nitriles is 1. The summed E-state index contributed by atoms with van der Waals surface area (Å²) < 4.78 is 28.1. The maximum absolute atomic E-state index is 13.4. The van der Waals surface area contributed by atoms with Crippen LogP contribution in [0.25, 0.3) is 6.08 Å². The molecule has 14 heteroatoms. The van der Waals surface area contributed by atoms with E-state index in [1.807, 2.05) is 18.9 Å². The fourth-order valence-corrected chi connectivity index (χ4v) is 7.44. The Morgan fingerprint density at radius 1 is 1.08 bits per heavy atom.